The minimum atomic E-state index is -2.85. The van der Waals surface area contributed by atoms with Crippen molar-refractivity contribution < 1.29 is 8.42 Å². The summed E-state index contributed by atoms with van der Waals surface area (Å²) in [5, 5.41) is 8.97. The van der Waals surface area contributed by atoms with Gasteiger partial charge in [0, 0.05) is 26.2 Å². The maximum Gasteiger partial charge on any atom is 0.152 e. The van der Waals surface area contributed by atoms with Crippen LogP contribution in [0.4, 0.5) is 0 Å². The van der Waals surface area contributed by atoms with Crippen LogP contribution < -0.4 is 0 Å². The molecule has 8 heteroatoms. The zero-order valence-electron chi connectivity index (χ0n) is 14.1. The van der Waals surface area contributed by atoms with Crippen LogP contribution in [0.15, 0.2) is 30.5 Å². The van der Waals surface area contributed by atoms with E-state index in [1.165, 1.54) is 0 Å². The van der Waals surface area contributed by atoms with Crippen LogP contribution in [-0.2, 0) is 22.9 Å². The van der Waals surface area contributed by atoms with Crippen LogP contribution >= 0.6 is 0 Å². The molecule has 1 aliphatic heterocycles. The zero-order chi connectivity index (χ0) is 17.2. The Kier molecular flexibility index (Phi) is 4.98. The molecule has 0 unspecified atom stereocenters. The molecule has 1 fully saturated rings. The van der Waals surface area contributed by atoms with E-state index in [0.717, 1.165) is 23.5 Å². The smallest absolute Gasteiger partial charge is 0.152 e. The van der Waals surface area contributed by atoms with Gasteiger partial charge >= 0.3 is 0 Å². The highest BCUT2D eigenvalue weighted by Crippen LogP contribution is 2.15. The summed E-state index contributed by atoms with van der Waals surface area (Å²) in [5.41, 5.74) is 2.99. The van der Waals surface area contributed by atoms with Crippen LogP contribution in [0.1, 0.15) is 11.3 Å². The summed E-state index contributed by atoms with van der Waals surface area (Å²) >= 11 is 0. The molecule has 0 amide bonds. The van der Waals surface area contributed by atoms with Crippen LogP contribution in [-0.4, -0.2) is 71.9 Å². The van der Waals surface area contributed by atoms with Gasteiger partial charge in [0.1, 0.15) is 0 Å². The molecule has 7 nitrogen and oxygen atoms in total. The first-order valence-corrected chi connectivity index (χ1v) is 9.82. The minimum Gasteiger partial charge on any atom is -0.305 e. The Labute approximate surface area is 142 Å². The average molecular weight is 349 g/mol. The predicted molar refractivity (Wildman–Crippen MR) is 92.7 cm³/mol. The molecule has 2 aromatic rings. The molecule has 130 valence electrons. The molecule has 0 saturated carbocycles. The first-order chi connectivity index (χ1) is 11.4. The average Bonchev–Trinajstić information content (AvgIpc) is 2.98. The zero-order valence-corrected chi connectivity index (χ0v) is 14.9. The number of hydrogen-bond acceptors (Lipinski definition) is 6. The second-order valence-corrected chi connectivity index (χ2v) is 8.72. The summed E-state index contributed by atoms with van der Waals surface area (Å²) in [4.78, 5) is 5.88. The normalized spacial score (nSPS) is 18.1. The van der Waals surface area contributed by atoms with Gasteiger partial charge < -0.3 is 4.90 Å². The molecule has 1 saturated heterocycles. The number of aromatic nitrogens is 3. The fraction of sp³-hybridized carbons (Fsp3) is 0.500. The van der Waals surface area contributed by atoms with Crippen molar-refractivity contribution in [3.63, 3.8) is 0 Å². The van der Waals surface area contributed by atoms with Gasteiger partial charge in [0.25, 0.3) is 0 Å². The van der Waals surface area contributed by atoms with Crippen molar-refractivity contribution >= 4 is 9.84 Å². The van der Waals surface area contributed by atoms with E-state index in [1.54, 1.807) is 11.0 Å². The van der Waals surface area contributed by atoms with Crippen molar-refractivity contribution in [2.75, 3.05) is 38.7 Å². The Bertz CT molecular complexity index is 786. The molecule has 0 radical (unpaired) electrons. The second kappa shape index (κ2) is 7.00. The molecular weight excluding hydrogens is 326 g/mol. The number of hydrogen-bond donors (Lipinski definition) is 0. The highest BCUT2D eigenvalue weighted by atomic mass is 32.2. The van der Waals surface area contributed by atoms with Gasteiger partial charge in [-0.2, -0.15) is 15.0 Å². The van der Waals surface area contributed by atoms with Crippen LogP contribution in [0.25, 0.3) is 5.69 Å². The topological polar surface area (TPSA) is 71.3 Å². The number of sulfone groups is 1. The van der Waals surface area contributed by atoms with Gasteiger partial charge in [0.05, 0.1) is 29.1 Å². The van der Waals surface area contributed by atoms with Gasteiger partial charge in [-0.1, -0.05) is 18.2 Å². The monoisotopic (exact) mass is 349 g/mol. The molecule has 3 rings (SSSR count). The first kappa shape index (κ1) is 17.1. The summed E-state index contributed by atoms with van der Waals surface area (Å²) in [6.45, 7) is 2.57. The van der Waals surface area contributed by atoms with Gasteiger partial charge in [-0.15, -0.1) is 0 Å². The lowest BCUT2D eigenvalue weighted by molar-refractivity contribution is 0.284. The fourth-order valence-corrected chi connectivity index (χ4v) is 4.08. The summed E-state index contributed by atoms with van der Waals surface area (Å²) in [6.07, 6.45) is 1.76. The lowest BCUT2D eigenvalue weighted by Gasteiger charge is -2.25. The van der Waals surface area contributed by atoms with E-state index in [1.807, 2.05) is 32.3 Å². The molecule has 0 bridgehead atoms. The van der Waals surface area contributed by atoms with Crippen molar-refractivity contribution in [1.29, 1.82) is 0 Å². The Morgan fingerprint density at radius 1 is 1.17 bits per heavy atom. The first-order valence-electron chi connectivity index (χ1n) is 8.00. The molecule has 1 aromatic carbocycles. The molecule has 0 atom stereocenters. The van der Waals surface area contributed by atoms with Crippen molar-refractivity contribution in [2.45, 2.75) is 13.1 Å². The summed E-state index contributed by atoms with van der Waals surface area (Å²) in [7, 11) is 1.21. The van der Waals surface area contributed by atoms with Crippen LogP contribution in [0.2, 0.25) is 0 Å². The molecule has 0 N–H and O–H groups in total. The molecule has 2 heterocycles. The maximum atomic E-state index is 11.5. The largest absolute Gasteiger partial charge is 0.305 e. The molecule has 1 aliphatic rings. The maximum absolute atomic E-state index is 11.5. The van der Waals surface area contributed by atoms with E-state index >= 15 is 0 Å². The van der Waals surface area contributed by atoms with E-state index < -0.39 is 9.84 Å². The molecule has 24 heavy (non-hydrogen) atoms. The predicted octanol–water partition coefficient (Wildman–Crippen LogP) is 0.559. The Morgan fingerprint density at radius 2 is 1.88 bits per heavy atom. The van der Waals surface area contributed by atoms with Gasteiger partial charge in [-0.25, -0.2) is 8.42 Å². The van der Waals surface area contributed by atoms with Crippen molar-refractivity contribution in [3.8, 4) is 5.69 Å². The van der Waals surface area contributed by atoms with Crippen molar-refractivity contribution in [3.05, 3.63) is 41.7 Å². The van der Waals surface area contributed by atoms with E-state index in [4.69, 9.17) is 0 Å². The fourth-order valence-electron chi connectivity index (χ4n) is 2.80. The number of nitrogens with zero attached hydrogens (tertiary/aromatic N) is 5. The van der Waals surface area contributed by atoms with Crippen molar-refractivity contribution in [2.24, 2.45) is 0 Å². The third kappa shape index (κ3) is 4.19. The minimum absolute atomic E-state index is 0.229. The lowest BCUT2D eigenvalue weighted by Crippen LogP contribution is -2.39. The SMILES string of the molecule is CN(C)Cc1ccccc1-n1ncc(CN2CCS(=O)(=O)CC2)n1. The highest BCUT2D eigenvalue weighted by molar-refractivity contribution is 7.91. The number of benzene rings is 1. The molecule has 0 aliphatic carbocycles. The van der Waals surface area contributed by atoms with Crippen LogP contribution in [0, 0.1) is 0 Å². The summed E-state index contributed by atoms with van der Waals surface area (Å²) in [6, 6.07) is 8.08. The van der Waals surface area contributed by atoms with Gasteiger partial charge in [0.2, 0.25) is 0 Å². The van der Waals surface area contributed by atoms with Gasteiger partial charge in [-0.05, 0) is 25.7 Å². The molecule has 1 aromatic heterocycles. The summed E-state index contributed by atoms with van der Waals surface area (Å²) in [5.74, 6) is 0.458. The van der Waals surface area contributed by atoms with Crippen LogP contribution in [0.5, 0.6) is 0 Å². The Morgan fingerprint density at radius 3 is 2.58 bits per heavy atom. The van der Waals surface area contributed by atoms with Crippen molar-refractivity contribution in [1.82, 2.24) is 24.8 Å². The van der Waals surface area contributed by atoms with Gasteiger partial charge in [-0.3, -0.25) is 4.90 Å². The molecule has 0 spiro atoms. The second-order valence-electron chi connectivity index (χ2n) is 6.42. The third-order valence-electron chi connectivity index (χ3n) is 4.06. The standard InChI is InChI=1S/C16H23N5O2S/c1-19(2)12-14-5-3-4-6-16(14)21-17-11-15(18-21)13-20-7-9-24(22,23)10-8-20/h3-6,11H,7-10,12-13H2,1-2H3. The number of rotatable bonds is 5. The van der Waals surface area contributed by atoms with E-state index in [-0.39, 0.29) is 11.5 Å². The van der Waals surface area contributed by atoms with E-state index in [0.29, 0.717) is 19.6 Å². The van der Waals surface area contributed by atoms with Crippen LogP contribution in [0.3, 0.4) is 0 Å². The van der Waals surface area contributed by atoms with Gasteiger partial charge in [0.15, 0.2) is 9.84 Å². The molecular formula is C16H23N5O2S. The van der Waals surface area contributed by atoms with E-state index in [2.05, 4.69) is 26.1 Å². The highest BCUT2D eigenvalue weighted by Gasteiger charge is 2.22. The third-order valence-corrected chi connectivity index (χ3v) is 5.66. The quantitative estimate of drug-likeness (QED) is 0.785. The summed E-state index contributed by atoms with van der Waals surface area (Å²) < 4.78 is 23.0. The van der Waals surface area contributed by atoms with E-state index in [9.17, 15) is 8.42 Å². The lowest BCUT2D eigenvalue weighted by atomic mass is 10.2. The Hall–Kier alpha value is -1.77. The Balaban J connectivity index is 1.72. The number of para-hydroxylation sites is 1.